The van der Waals surface area contributed by atoms with Gasteiger partial charge in [0.15, 0.2) is 0 Å². The van der Waals surface area contributed by atoms with Gasteiger partial charge in [0.05, 0.1) is 17.3 Å². The van der Waals surface area contributed by atoms with Gasteiger partial charge in [0.2, 0.25) is 0 Å². The maximum atomic E-state index is 8.99. The molecule has 2 nitrogen and oxygen atoms in total. The monoisotopic (exact) mass is 261 g/mol. The van der Waals surface area contributed by atoms with Crippen molar-refractivity contribution in [2.24, 2.45) is 0 Å². The lowest BCUT2D eigenvalue weighted by atomic mass is 9.86. The fourth-order valence-electron chi connectivity index (χ4n) is 1.80. The number of hydrogen-bond acceptors (Lipinski definition) is 3. The fraction of sp³-hybridized carbons (Fsp3) is 0.400. The van der Waals surface area contributed by atoms with Crippen LogP contribution in [-0.4, -0.2) is 10.1 Å². The van der Waals surface area contributed by atoms with E-state index in [4.69, 9.17) is 5.11 Å². The van der Waals surface area contributed by atoms with Crippen molar-refractivity contribution < 1.29 is 5.11 Å². The Kier molecular flexibility index (Phi) is 3.83. The first-order valence-corrected chi connectivity index (χ1v) is 7.00. The molecule has 0 unspecified atom stereocenters. The Balaban J connectivity index is 2.11. The normalized spacial score (nSPS) is 11.8. The molecule has 1 heterocycles. The van der Waals surface area contributed by atoms with E-state index in [0.29, 0.717) is 0 Å². The zero-order valence-corrected chi connectivity index (χ0v) is 11.9. The van der Waals surface area contributed by atoms with Gasteiger partial charge >= 0.3 is 0 Å². The predicted molar refractivity (Wildman–Crippen MR) is 76.0 cm³/mol. The van der Waals surface area contributed by atoms with Gasteiger partial charge in [0.1, 0.15) is 0 Å². The maximum absolute atomic E-state index is 8.99. The summed E-state index contributed by atoms with van der Waals surface area (Å²) in [6.45, 7) is 6.68. The van der Waals surface area contributed by atoms with E-state index in [-0.39, 0.29) is 12.0 Å². The predicted octanol–water partition coefficient (Wildman–Crippen LogP) is 3.52. The van der Waals surface area contributed by atoms with Crippen LogP contribution < -0.4 is 0 Å². The molecule has 0 saturated carbocycles. The van der Waals surface area contributed by atoms with Crippen LogP contribution in [0.2, 0.25) is 0 Å². The molecule has 18 heavy (non-hydrogen) atoms. The summed E-state index contributed by atoms with van der Waals surface area (Å²) in [7, 11) is 0. The van der Waals surface area contributed by atoms with E-state index in [1.54, 1.807) is 11.3 Å². The van der Waals surface area contributed by atoms with Crippen LogP contribution in [0.15, 0.2) is 29.6 Å². The number of aromatic nitrogens is 1. The first-order valence-electron chi connectivity index (χ1n) is 6.12. The van der Waals surface area contributed by atoms with E-state index in [9.17, 15) is 0 Å². The molecule has 0 aliphatic rings. The number of thiazole rings is 1. The van der Waals surface area contributed by atoms with Crippen LogP contribution in [0.25, 0.3) is 0 Å². The zero-order chi connectivity index (χ0) is 13.2. The third-order valence-electron chi connectivity index (χ3n) is 2.94. The minimum atomic E-state index is 0.0272. The van der Waals surface area contributed by atoms with Crippen LogP contribution in [0.5, 0.6) is 0 Å². The molecule has 2 rings (SSSR count). The summed E-state index contributed by atoms with van der Waals surface area (Å²) in [6.07, 6.45) is 0.842. The highest BCUT2D eigenvalue weighted by Gasteiger charge is 2.13. The maximum Gasteiger partial charge on any atom is 0.0973 e. The molecular weight excluding hydrogens is 242 g/mol. The van der Waals surface area contributed by atoms with Crippen LogP contribution in [0.3, 0.4) is 0 Å². The minimum Gasteiger partial charge on any atom is -0.390 e. The average Bonchev–Trinajstić information content (AvgIpc) is 2.76. The molecule has 2 aromatic rings. The second-order valence-electron chi connectivity index (χ2n) is 5.51. The Morgan fingerprint density at radius 1 is 1.17 bits per heavy atom. The van der Waals surface area contributed by atoms with Crippen LogP contribution in [0.4, 0.5) is 0 Å². The Hall–Kier alpha value is -1.19. The molecule has 96 valence electrons. The quantitative estimate of drug-likeness (QED) is 0.917. The highest BCUT2D eigenvalue weighted by atomic mass is 32.1. The van der Waals surface area contributed by atoms with E-state index in [1.165, 1.54) is 11.1 Å². The average molecular weight is 261 g/mol. The van der Waals surface area contributed by atoms with E-state index < -0.39 is 0 Å². The van der Waals surface area contributed by atoms with Crippen molar-refractivity contribution in [3.63, 3.8) is 0 Å². The molecule has 0 fully saturated rings. The first kappa shape index (κ1) is 13.2. The van der Waals surface area contributed by atoms with Gasteiger partial charge in [-0.3, -0.25) is 0 Å². The van der Waals surface area contributed by atoms with Gasteiger partial charge in [-0.15, -0.1) is 11.3 Å². The van der Waals surface area contributed by atoms with E-state index in [0.717, 1.165) is 17.1 Å². The summed E-state index contributed by atoms with van der Waals surface area (Å²) < 4.78 is 0. The van der Waals surface area contributed by atoms with Crippen molar-refractivity contribution in [3.05, 3.63) is 51.5 Å². The molecule has 0 aliphatic carbocycles. The second-order valence-corrected chi connectivity index (χ2v) is 6.46. The number of rotatable bonds is 3. The number of nitrogens with zero attached hydrogens (tertiary/aromatic N) is 1. The molecule has 0 atom stereocenters. The van der Waals surface area contributed by atoms with Crippen LogP contribution >= 0.6 is 11.3 Å². The summed E-state index contributed by atoms with van der Waals surface area (Å²) in [5, 5.41) is 12.0. The van der Waals surface area contributed by atoms with Gasteiger partial charge in [-0.25, -0.2) is 4.98 Å². The number of hydrogen-bond donors (Lipinski definition) is 1. The Labute approximate surface area is 112 Å². The van der Waals surface area contributed by atoms with Gasteiger partial charge in [-0.1, -0.05) is 45.0 Å². The Morgan fingerprint density at radius 2 is 1.83 bits per heavy atom. The van der Waals surface area contributed by atoms with Gasteiger partial charge in [-0.2, -0.15) is 0 Å². The topological polar surface area (TPSA) is 33.1 Å². The van der Waals surface area contributed by atoms with Crippen LogP contribution in [0.1, 0.15) is 42.6 Å². The Morgan fingerprint density at radius 3 is 2.33 bits per heavy atom. The largest absolute Gasteiger partial charge is 0.390 e. The van der Waals surface area contributed by atoms with Crippen molar-refractivity contribution in [2.45, 2.75) is 39.2 Å². The highest BCUT2D eigenvalue weighted by Crippen LogP contribution is 2.23. The number of aliphatic hydroxyl groups is 1. The molecule has 0 saturated heterocycles. The molecule has 1 N–H and O–H groups in total. The lowest BCUT2D eigenvalue weighted by Crippen LogP contribution is -2.10. The summed E-state index contributed by atoms with van der Waals surface area (Å²) in [4.78, 5) is 4.36. The third kappa shape index (κ3) is 3.18. The van der Waals surface area contributed by atoms with E-state index in [1.807, 2.05) is 5.38 Å². The van der Waals surface area contributed by atoms with E-state index in [2.05, 4.69) is 50.0 Å². The highest BCUT2D eigenvalue weighted by molar-refractivity contribution is 7.09. The fourth-order valence-corrected chi connectivity index (χ4v) is 2.62. The lowest BCUT2D eigenvalue weighted by Gasteiger charge is -2.19. The zero-order valence-electron chi connectivity index (χ0n) is 11.1. The van der Waals surface area contributed by atoms with Crippen molar-refractivity contribution in [2.75, 3.05) is 0 Å². The molecule has 0 bridgehead atoms. The lowest BCUT2D eigenvalue weighted by molar-refractivity contribution is 0.277. The first-order chi connectivity index (χ1) is 8.49. The summed E-state index contributed by atoms with van der Waals surface area (Å²) in [5.74, 6) is 0. The number of aliphatic hydroxyl groups excluding tert-OH is 1. The van der Waals surface area contributed by atoms with Gasteiger partial charge in [-0.05, 0) is 16.5 Å². The molecule has 3 heteroatoms. The van der Waals surface area contributed by atoms with Crippen molar-refractivity contribution in [3.8, 4) is 0 Å². The standard InChI is InChI=1S/C15H19NOS/c1-15(2,3)12-6-4-11(5-7-12)8-14-16-13(9-17)10-18-14/h4-7,10,17H,8-9H2,1-3H3. The number of benzene rings is 1. The summed E-state index contributed by atoms with van der Waals surface area (Å²) >= 11 is 1.61. The second kappa shape index (κ2) is 5.21. The molecular formula is C15H19NOS. The summed E-state index contributed by atoms with van der Waals surface area (Å²) in [6, 6.07) is 8.72. The van der Waals surface area contributed by atoms with E-state index >= 15 is 0 Å². The van der Waals surface area contributed by atoms with Crippen molar-refractivity contribution in [1.29, 1.82) is 0 Å². The molecule has 0 radical (unpaired) electrons. The van der Waals surface area contributed by atoms with Gasteiger partial charge < -0.3 is 5.11 Å². The molecule has 0 amide bonds. The van der Waals surface area contributed by atoms with Crippen molar-refractivity contribution >= 4 is 11.3 Å². The SMILES string of the molecule is CC(C)(C)c1ccc(Cc2nc(CO)cs2)cc1. The third-order valence-corrected chi connectivity index (χ3v) is 3.83. The summed E-state index contributed by atoms with van der Waals surface area (Å²) in [5.41, 5.74) is 3.58. The molecule has 0 spiro atoms. The minimum absolute atomic E-state index is 0.0272. The van der Waals surface area contributed by atoms with Crippen LogP contribution in [-0.2, 0) is 18.4 Å². The molecule has 1 aromatic heterocycles. The van der Waals surface area contributed by atoms with Gasteiger partial charge in [0, 0.05) is 11.8 Å². The Bertz CT molecular complexity index is 508. The van der Waals surface area contributed by atoms with Gasteiger partial charge in [0.25, 0.3) is 0 Å². The molecule has 0 aliphatic heterocycles. The smallest absolute Gasteiger partial charge is 0.0973 e. The van der Waals surface area contributed by atoms with Crippen molar-refractivity contribution in [1.82, 2.24) is 4.98 Å². The van der Waals surface area contributed by atoms with Crippen LogP contribution in [0, 0.1) is 0 Å². The molecule has 1 aromatic carbocycles.